The van der Waals surface area contributed by atoms with E-state index in [1.165, 1.54) is 0 Å². The summed E-state index contributed by atoms with van der Waals surface area (Å²) >= 11 is 0. The number of rotatable bonds is 3. The fourth-order valence-corrected chi connectivity index (χ4v) is 5.72. The van der Waals surface area contributed by atoms with Gasteiger partial charge in [-0.15, -0.1) is 0 Å². The molecular formula is C23H32N2O4. The lowest BCUT2D eigenvalue weighted by atomic mass is 9.81. The number of nitrogens with one attached hydrogen (secondary N) is 1. The van der Waals surface area contributed by atoms with E-state index in [1.54, 1.807) is 7.11 Å². The van der Waals surface area contributed by atoms with Gasteiger partial charge in [0.15, 0.2) is 11.5 Å². The van der Waals surface area contributed by atoms with Crippen molar-refractivity contribution in [2.24, 2.45) is 5.92 Å². The molecular weight excluding hydrogens is 368 g/mol. The second-order valence-electron chi connectivity index (χ2n) is 9.72. The molecule has 2 fully saturated rings. The molecule has 6 heteroatoms. The van der Waals surface area contributed by atoms with Gasteiger partial charge >= 0.3 is 0 Å². The number of benzene rings is 1. The van der Waals surface area contributed by atoms with Crippen LogP contribution in [0.5, 0.6) is 17.2 Å². The van der Waals surface area contributed by atoms with Gasteiger partial charge < -0.3 is 24.4 Å². The fourth-order valence-electron chi connectivity index (χ4n) is 5.72. The van der Waals surface area contributed by atoms with E-state index in [2.05, 4.69) is 31.2 Å². The monoisotopic (exact) mass is 400 g/mol. The number of hydrogen-bond acceptors (Lipinski definition) is 5. The van der Waals surface area contributed by atoms with Crippen molar-refractivity contribution in [2.75, 3.05) is 27.7 Å². The summed E-state index contributed by atoms with van der Waals surface area (Å²) in [5.41, 5.74) is 2.64. The molecule has 4 aliphatic rings. The van der Waals surface area contributed by atoms with Gasteiger partial charge in [-0.25, -0.2) is 0 Å². The fraction of sp³-hybridized carbons (Fsp3) is 0.696. The van der Waals surface area contributed by atoms with E-state index in [0.717, 1.165) is 55.2 Å². The van der Waals surface area contributed by atoms with Crippen LogP contribution in [0.1, 0.15) is 66.9 Å². The van der Waals surface area contributed by atoms with Crippen LogP contribution in [0.4, 0.5) is 0 Å². The van der Waals surface area contributed by atoms with E-state index in [1.807, 2.05) is 6.92 Å². The van der Waals surface area contributed by atoms with Crippen LogP contribution in [0.15, 0.2) is 0 Å². The zero-order chi connectivity index (χ0) is 20.6. The van der Waals surface area contributed by atoms with Crippen LogP contribution in [0.2, 0.25) is 0 Å². The van der Waals surface area contributed by atoms with E-state index in [0.29, 0.717) is 35.8 Å². The molecule has 6 nitrogen and oxygen atoms in total. The van der Waals surface area contributed by atoms with Crippen molar-refractivity contribution in [1.82, 2.24) is 10.2 Å². The van der Waals surface area contributed by atoms with Gasteiger partial charge in [0.2, 0.25) is 5.75 Å². The maximum Gasteiger partial charge on any atom is 0.252 e. The Morgan fingerprint density at radius 2 is 1.76 bits per heavy atom. The molecule has 1 atom stereocenters. The third kappa shape index (κ3) is 2.68. The van der Waals surface area contributed by atoms with Gasteiger partial charge in [0, 0.05) is 42.0 Å². The Hall–Kier alpha value is -1.95. The van der Waals surface area contributed by atoms with Crippen molar-refractivity contribution in [3.63, 3.8) is 0 Å². The number of nitrogens with zero attached hydrogens (tertiary/aromatic N) is 1. The highest BCUT2D eigenvalue weighted by molar-refractivity contribution is 6.01. The highest BCUT2D eigenvalue weighted by atomic mass is 16.7. The van der Waals surface area contributed by atoms with Crippen LogP contribution in [-0.4, -0.2) is 50.4 Å². The predicted molar refractivity (Wildman–Crippen MR) is 110 cm³/mol. The van der Waals surface area contributed by atoms with Crippen molar-refractivity contribution in [2.45, 2.75) is 69.6 Å². The summed E-state index contributed by atoms with van der Waals surface area (Å²) in [7, 11) is 5.99. The predicted octanol–water partition coefficient (Wildman–Crippen LogP) is 3.39. The second-order valence-corrected chi connectivity index (χ2v) is 9.72. The first kappa shape index (κ1) is 19.0. The van der Waals surface area contributed by atoms with Gasteiger partial charge in [0.25, 0.3) is 11.7 Å². The third-order valence-electron chi connectivity index (χ3n) is 7.79. The molecule has 1 amide bonds. The quantitative estimate of drug-likeness (QED) is 0.843. The summed E-state index contributed by atoms with van der Waals surface area (Å²) in [6, 6.07) is 0.626. The van der Waals surface area contributed by atoms with Gasteiger partial charge in [-0.1, -0.05) is 0 Å². The Balaban J connectivity index is 1.53. The van der Waals surface area contributed by atoms with Crippen molar-refractivity contribution in [3.05, 3.63) is 16.7 Å². The minimum Gasteiger partial charge on any atom is -0.492 e. The molecule has 0 bridgehead atoms. The Labute approximate surface area is 172 Å². The number of hydrogen-bond donors (Lipinski definition) is 1. The molecule has 158 valence electrons. The number of fused-ring (bicyclic) bond motifs is 3. The van der Waals surface area contributed by atoms with Crippen LogP contribution >= 0.6 is 0 Å². The smallest absolute Gasteiger partial charge is 0.252 e. The van der Waals surface area contributed by atoms with E-state index in [9.17, 15) is 4.79 Å². The van der Waals surface area contributed by atoms with Gasteiger partial charge in [0.1, 0.15) is 0 Å². The minimum atomic E-state index is -0.713. The van der Waals surface area contributed by atoms with Gasteiger partial charge in [-0.2, -0.15) is 0 Å². The Bertz CT molecular complexity index is 868. The summed E-state index contributed by atoms with van der Waals surface area (Å²) < 4.78 is 18.9. The highest BCUT2D eigenvalue weighted by Gasteiger charge is 2.55. The Kier molecular flexibility index (Phi) is 4.12. The highest BCUT2D eigenvalue weighted by Crippen LogP contribution is 2.61. The van der Waals surface area contributed by atoms with Crippen LogP contribution in [0.3, 0.4) is 0 Å². The molecule has 1 aromatic carbocycles. The first-order valence-electron chi connectivity index (χ1n) is 10.9. The molecule has 2 aliphatic heterocycles. The number of amides is 1. The summed E-state index contributed by atoms with van der Waals surface area (Å²) in [4.78, 5) is 15.1. The number of methoxy groups -OCH3 is 1. The maximum absolute atomic E-state index is 12.8. The summed E-state index contributed by atoms with van der Waals surface area (Å²) in [5, 5.41) is 3.08. The third-order valence-corrected chi connectivity index (χ3v) is 7.79. The number of carbonyl (C=O) groups excluding carboxylic acids is 1. The second kappa shape index (κ2) is 6.27. The molecule has 29 heavy (non-hydrogen) atoms. The first-order chi connectivity index (χ1) is 13.8. The Morgan fingerprint density at radius 3 is 2.34 bits per heavy atom. The Morgan fingerprint density at radius 1 is 1.10 bits per heavy atom. The van der Waals surface area contributed by atoms with Crippen LogP contribution in [0, 0.1) is 12.8 Å². The lowest BCUT2D eigenvalue weighted by molar-refractivity contribution is -0.123. The van der Waals surface area contributed by atoms with Crippen molar-refractivity contribution < 1.29 is 19.0 Å². The normalized spacial score (nSPS) is 31.6. The average molecular weight is 401 g/mol. The summed E-state index contributed by atoms with van der Waals surface area (Å²) in [5.74, 6) is 1.66. The van der Waals surface area contributed by atoms with E-state index in [-0.39, 0.29) is 11.3 Å². The molecule has 1 aromatic rings. The molecule has 2 saturated carbocycles. The molecule has 1 unspecified atom stereocenters. The largest absolute Gasteiger partial charge is 0.492 e. The molecule has 5 rings (SSSR count). The van der Waals surface area contributed by atoms with Crippen molar-refractivity contribution in [1.29, 1.82) is 0 Å². The number of ether oxygens (including phenoxy) is 3. The molecule has 0 saturated heterocycles. The lowest BCUT2D eigenvalue weighted by Crippen LogP contribution is -2.46. The SMILES string of the molecule is COc1c2c(c(C)c3c1C1(CC1)CNC3=O)OC(C)([C@H]1CC[C@H](N(C)C)CC1)O2. The average Bonchev–Trinajstić information content (AvgIpc) is 3.39. The maximum atomic E-state index is 12.8. The standard InChI is InChI=1S/C23H32N2O4/c1-13-16-17(23(10-11-23)12-24-21(16)26)19(27-5)20-18(13)28-22(2,29-20)14-6-8-15(9-7-14)25(3)4/h14-15H,6-12H2,1-5H3,(H,24,26)/t14-,15-,22?. The van der Waals surface area contributed by atoms with Gasteiger partial charge in [-0.3, -0.25) is 4.79 Å². The lowest BCUT2D eigenvalue weighted by Gasteiger charge is -2.39. The van der Waals surface area contributed by atoms with E-state index >= 15 is 0 Å². The molecule has 0 radical (unpaired) electrons. The minimum absolute atomic E-state index is 0.000495. The molecule has 0 aromatic heterocycles. The topological polar surface area (TPSA) is 60.0 Å². The summed E-state index contributed by atoms with van der Waals surface area (Å²) in [6.45, 7) is 4.72. The van der Waals surface area contributed by atoms with Crippen LogP contribution in [0.25, 0.3) is 0 Å². The molecule has 2 aliphatic carbocycles. The zero-order valence-electron chi connectivity index (χ0n) is 18.2. The zero-order valence-corrected chi connectivity index (χ0v) is 18.2. The first-order valence-corrected chi connectivity index (χ1v) is 10.9. The van der Waals surface area contributed by atoms with Crippen LogP contribution in [-0.2, 0) is 5.41 Å². The molecule has 1 spiro atoms. The summed E-state index contributed by atoms with van der Waals surface area (Å²) in [6.07, 6.45) is 6.57. The van der Waals surface area contributed by atoms with Gasteiger partial charge in [-0.05, 0) is 59.5 Å². The van der Waals surface area contributed by atoms with E-state index < -0.39 is 5.79 Å². The van der Waals surface area contributed by atoms with Crippen molar-refractivity contribution >= 4 is 5.91 Å². The molecule has 1 N–H and O–H groups in total. The van der Waals surface area contributed by atoms with E-state index in [4.69, 9.17) is 14.2 Å². The van der Waals surface area contributed by atoms with Gasteiger partial charge in [0.05, 0.1) is 12.7 Å². The number of carbonyl (C=O) groups is 1. The molecule has 2 heterocycles. The van der Waals surface area contributed by atoms with Crippen LogP contribution < -0.4 is 19.5 Å². The van der Waals surface area contributed by atoms with Crippen molar-refractivity contribution in [3.8, 4) is 17.2 Å².